The molecule has 0 atom stereocenters. The lowest BCUT2D eigenvalue weighted by Crippen LogP contribution is -2.35. The van der Waals surface area contributed by atoms with Crippen LogP contribution in [0.4, 0.5) is 11.4 Å². The van der Waals surface area contributed by atoms with Gasteiger partial charge in [0, 0.05) is 25.2 Å². The van der Waals surface area contributed by atoms with Crippen LogP contribution < -0.4 is 9.21 Å². The average Bonchev–Trinajstić information content (AvgIpc) is 3.10. The molecule has 4 rings (SSSR count). The summed E-state index contributed by atoms with van der Waals surface area (Å²) >= 11 is 0. The highest BCUT2D eigenvalue weighted by Crippen LogP contribution is 2.35. The van der Waals surface area contributed by atoms with Crippen molar-refractivity contribution in [3.05, 3.63) is 53.6 Å². The Hall–Kier alpha value is -2.34. The van der Waals surface area contributed by atoms with Gasteiger partial charge in [-0.25, -0.2) is 8.42 Å². The highest BCUT2D eigenvalue weighted by Gasteiger charge is 2.31. The van der Waals surface area contributed by atoms with E-state index in [0.29, 0.717) is 30.8 Å². The van der Waals surface area contributed by atoms with E-state index in [4.69, 9.17) is 0 Å². The Bertz CT molecular complexity index is 969. The average molecular weight is 370 g/mol. The van der Waals surface area contributed by atoms with Crippen molar-refractivity contribution in [2.24, 2.45) is 0 Å². The van der Waals surface area contributed by atoms with Crippen LogP contribution in [0.15, 0.2) is 47.4 Å². The van der Waals surface area contributed by atoms with Crippen LogP contribution in [-0.2, 0) is 27.7 Å². The summed E-state index contributed by atoms with van der Waals surface area (Å²) in [6.07, 6.45) is 2.87. The Labute approximate surface area is 154 Å². The van der Waals surface area contributed by atoms with Gasteiger partial charge in [0.1, 0.15) is 0 Å². The van der Waals surface area contributed by atoms with Gasteiger partial charge in [0.2, 0.25) is 5.91 Å². The van der Waals surface area contributed by atoms with E-state index >= 15 is 0 Å². The molecule has 0 fully saturated rings. The fourth-order valence-electron chi connectivity index (χ4n) is 3.86. The number of carbonyl (C=O) groups excluding carboxylic acids is 1. The lowest BCUT2D eigenvalue weighted by atomic mass is 10.0. The maximum Gasteiger partial charge on any atom is 0.264 e. The van der Waals surface area contributed by atoms with Crippen LogP contribution in [0, 0.1) is 0 Å². The van der Waals surface area contributed by atoms with E-state index in [1.54, 1.807) is 23.1 Å². The number of para-hydroxylation sites is 1. The predicted molar refractivity (Wildman–Crippen MR) is 102 cm³/mol. The Morgan fingerprint density at radius 1 is 1.00 bits per heavy atom. The molecule has 136 valence electrons. The van der Waals surface area contributed by atoms with Gasteiger partial charge in [0.25, 0.3) is 10.0 Å². The number of hydrogen-bond acceptors (Lipinski definition) is 3. The van der Waals surface area contributed by atoms with Crippen molar-refractivity contribution in [2.45, 2.75) is 37.5 Å². The predicted octanol–water partition coefficient (Wildman–Crippen LogP) is 3.13. The van der Waals surface area contributed by atoms with E-state index in [-0.39, 0.29) is 5.91 Å². The Kier molecular flexibility index (Phi) is 4.23. The normalized spacial score (nSPS) is 16.3. The molecule has 0 spiro atoms. The molecule has 0 saturated heterocycles. The topological polar surface area (TPSA) is 57.7 Å². The number of anilines is 2. The quantitative estimate of drug-likeness (QED) is 0.834. The first-order chi connectivity index (χ1) is 12.5. The first-order valence-electron chi connectivity index (χ1n) is 9.06. The highest BCUT2D eigenvalue weighted by molar-refractivity contribution is 7.92. The highest BCUT2D eigenvalue weighted by atomic mass is 32.2. The van der Waals surface area contributed by atoms with Gasteiger partial charge in [-0.3, -0.25) is 9.10 Å². The molecule has 0 bridgehead atoms. The largest absolute Gasteiger partial charge is 0.312 e. The molecule has 6 heteroatoms. The number of fused-ring (bicyclic) bond motifs is 2. The number of hydrogen-bond donors (Lipinski definition) is 0. The number of aryl methyl sites for hydroxylation is 1. The van der Waals surface area contributed by atoms with Crippen LogP contribution in [0.25, 0.3) is 0 Å². The molecule has 5 nitrogen and oxygen atoms in total. The van der Waals surface area contributed by atoms with Crippen molar-refractivity contribution < 1.29 is 13.2 Å². The second-order valence-corrected chi connectivity index (χ2v) is 8.61. The summed E-state index contributed by atoms with van der Waals surface area (Å²) in [4.78, 5) is 14.1. The molecule has 0 radical (unpaired) electrons. The van der Waals surface area contributed by atoms with Gasteiger partial charge in [-0.2, -0.15) is 0 Å². The van der Waals surface area contributed by atoms with Gasteiger partial charge in [-0.1, -0.05) is 25.1 Å². The van der Waals surface area contributed by atoms with Crippen LogP contribution >= 0.6 is 0 Å². The molecule has 2 aliphatic heterocycles. The van der Waals surface area contributed by atoms with E-state index in [1.165, 1.54) is 4.31 Å². The number of amides is 1. The minimum atomic E-state index is -3.61. The Balaban J connectivity index is 1.72. The fourth-order valence-corrected chi connectivity index (χ4v) is 5.46. The van der Waals surface area contributed by atoms with E-state index in [1.807, 2.05) is 31.2 Å². The SMILES string of the molecule is CCC(=O)N1CCc2cc(S(=O)(=O)N3CCCc4ccccc43)ccc21. The monoisotopic (exact) mass is 370 g/mol. The van der Waals surface area contributed by atoms with Crippen molar-refractivity contribution in [1.82, 2.24) is 0 Å². The third-order valence-corrected chi connectivity index (χ3v) is 7.01. The van der Waals surface area contributed by atoms with Crippen molar-refractivity contribution in [1.29, 1.82) is 0 Å². The molecular weight excluding hydrogens is 348 g/mol. The molecule has 1 amide bonds. The minimum absolute atomic E-state index is 0.0734. The summed E-state index contributed by atoms with van der Waals surface area (Å²) in [6, 6.07) is 12.8. The van der Waals surface area contributed by atoms with Crippen LogP contribution in [0.1, 0.15) is 30.9 Å². The van der Waals surface area contributed by atoms with Gasteiger partial charge in [0.05, 0.1) is 10.6 Å². The van der Waals surface area contributed by atoms with Gasteiger partial charge in [-0.05, 0) is 54.7 Å². The summed E-state index contributed by atoms with van der Waals surface area (Å²) in [5, 5.41) is 0. The molecule has 2 heterocycles. The lowest BCUT2D eigenvalue weighted by molar-refractivity contribution is -0.118. The molecule has 2 aromatic carbocycles. The van der Waals surface area contributed by atoms with Gasteiger partial charge in [0.15, 0.2) is 0 Å². The first kappa shape index (κ1) is 17.1. The number of rotatable bonds is 3. The molecule has 2 aliphatic rings. The van der Waals surface area contributed by atoms with Crippen molar-refractivity contribution in [3.8, 4) is 0 Å². The zero-order chi connectivity index (χ0) is 18.3. The number of sulfonamides is 1. The van der Waals surface area contributed by atoms with E-state index in [2.05, 4.69) is 0 Å². The number of nitrogens with zero attached hydrogens (tertiary/aromatic N) is 2. The summed E-state index contributed by atoms with van der Waals surface area (Å²) < 4.78 is 28.1. The summed E-state index contributed by atoms with van der Waals surface area (Å²) in [5.41, 5.74) is 3.62. The lowest BCUT2D eigenvalue weighted by Gasteiger charge is -2.30. The Morgan fingerprint density at radius 2 is 1.81 bits per heavy atom. The van der Waals surface area contributed by atoms with Crippen LogP contribution in [0.5, 0.6) is 0 Å². The molecule has 0 unspecified atom stereocenters. The molecular formula is C20H22N2O3S. The third kappa shape index (κ3) is 2.69. The van der Waals surface area contributed by atoms with Gasteiger partial charge >= 0.3 is 0 Å². The van der Waals surface area contributed by atoms with E-state index in [0.717, 1.165) is 35.3 Å². The molecule has 26 heavy (non-hydrogen) atoms. The molecule has 0 aromatic heterocycles. The van der Waals surface area contributed by atoms with Crippen LogP contribution in [0.3, 0.4) is 0 Å². The van der Waals surface area contributed by atoms with Crippen molar-refractivity contribution >= 4 is 27.3 Å². The van der Waals surface area contributed by atoms with E-state index in [9.17, 15) is 13.2 Å². The second-order valence-electron chi connectivity index (χ2n) is 6.75. The fraction of sp³-hybridized carbons (Fsp3) is 0.350. The standard InChI is InChI=1S/C20H22N2O3S/c1-2-20(23)21-13-11-16-14-17(9-10-18(16)21)26(24,25)22-12-5-7-15-6-3-4-8-19(15)22/h3-4,6,8-10,14H,2,5,7,11-13H2,1H3. The Morgan fingerprint density at radius 3 is 2.62 bits per heavy atom. The van der Waals surface area contributed by atoms with Gasteiger partial charge < -0.3 is 4.90 Å². The maximum atomic E-state index is 13.3. The van der Waals surface area contributed by atoms with Crippen LogP contribution in [0.2, 0.25) is 0 Å². The second kappa shape index (κ2) is 6.43. The molecule has 0 N–H and O–H groups in total. The maximum absolute atomic E-state index is 13.3. The van der Waals surface area contributed by atoms with E-state index < -0.39 is 10.0 Å². The molecule has 2 aromatic rings. The first-order valence-corrected chi connectivity index (χ1v) is 10.5. The van der Waals surface area contributed by atoms with Crippen molar-refractivity contribution in [2.75, 3.05) is 22.3 Å². The molecule has 0 aliphatic carbocycles. The minimum Gasteiger partial charge on any atom is -0.312 e. The zero-order valence-corrected chi connectivity index (χ0v) is 15.6. The third-order valence-electron chi connectivity index (χ3n) is 5.21. The molecule has 0 saturated carbocycles. The summed E-state index contributed by atoms with van der Waals surface area (Å²) in [7, 11) is -3.61. The summed E-state index contributed by atoms with van der Waals surface area (Å²) in [6.45, 7) is 2.96. The number of carbonyl (C=O) groups is 1. The zero-order valence-electron chi connectivity index (χ0n) is 14.8. The smallest absolute Gasteiger partial charge is 0.264 e. The number of benzene rings is 2. The summed E-state index contributed by atoms with van der Waals surface area (Å²) in [5.74, 6) is 0.0734. The van der Waals surface area contributed by atoms with Gasteiger partial charge in [-0.15, -0.1) is 0 Å². The van der Waals surface area contributed by atoms with Crippen molar-refractivity contribution in [3.63, 3.8) is 0 Å². The van der Waals surface area contributed by atoms with Crippen LogP contribution in [-0.4, -0.2) is 27.4 Å².